The minimum atomic E-state index is -0.337. The van der Waals surface area contributed by atoms with Crippen molar-refractivity contribution in [3.05, 3.63) is 99.9 Å². The third-order valence-corrected chi connectivity index (χ3v) is 13.4. The fraction of sp³-hybridized carbons (Fsp3) is 0.471. The maximum Gasteiger partial charge on any atom is 0.164 e. The molecule has 5 aromatic rings. The molecule has 307 valence electrons. The second kappa shape index (κ2) is 18.5. The van der Waals surface area contributed by atoms with Gasteiger partial charge in [-0.25, -0.2) is 0 Å². The van der Waals surface area contributed by atoms with Gasteiger partial charge in [0.2, 0.25) is 0 Å². The molecule has 4 nitrogen and oxygen atoms in total. The zero-order valence-corrected chi connectivity index (χ0v) is 40.4. The number of allylic oxidation sites excluding steroid dienone is 2. The van der Waals surface area contributed by atoms with Crippen molar-refractivity contribution in [1.82, 2.24) is 4.98 Å². The van der Waals surface area contributed by atoms with Gasteiger partial charge in [-0.15, -0.1) is 40.5 Å². The smallest absolute Gasteiger partial charge is 0.164 e. The van der Waals surface area contributed by atoms with E-state index in [4.69, 9.17) is 4.98 Å². The van der Waals surface area contributed by atoms with Crippen molar-refractivity contribution in [1.29, 1.82) is 5.26 Å². The Labute approximate surface area is 361 Å². The average molecular weight is 962 g/mol. The molecule has 1 N–H and O–H groups in total. The van der Waals surface area contributed by atoms with Crippen LogP contribution in [0.5, 0.6) is 0 Å². The summed E-state index contributed by atoms with van der Waals surface area (Å²) in [5.41, 5.74) is 9.76. The van der Waals surface area contributed by atoms with Gasteiger partial charge in [-0.05, 0) is 91.5 Å². The van der Waals surface area contributed by atoms with E-state index in [1.165, 1.54) is 44.2 Å². The van der Waals surface area contributed by atoms with E-state index >= 15 is 0 Å². The summed E-state index contributed by atoms with van der Waals surface area (Å²) < 4.78 is 1.06. The summed E-state index contributed by atoms with van der Waals surface area (Å²) in [4.78, 5) is 18.3. The number of aromatic nitrogens is 1. The van der Waals surface area contributed by atoms with Crippen LogP contribution in [0.4, 0.5) is 0 Å². The molecule has 0 aliphatic carbocycles. The molecule has 0 saturated heterocycles. The molecule has 0 aliphatic heterocycles. The molecule has 0 aliphatic rings. The first-order valence-corrected chi connectivity index (χ1v) is 21.2. The molecular weight excluding hydrogens is 897 g/mol. The molecule has 0 amide bonds. The number of aliphatic hydroxyl groups is 1. The molecule has 3 aromatic carbocycles. The van der Waals surface area contributed by atoms with Crippen molar-refractivity contribution in [3.63, 3.8) is 0 Å². The van der Waals surface area contributed by atoms with Crippen LogP contribution in [0.3, 0.4) is 0 Å². The molecule has 0 unspecified atom stereocenters. The number of rotatable bonds is 10. The maximum absolute atomic E-state index is 12.2. The van der Waals surface area contributed by atoms with Crippen LogP contribution in [0, 0.1) is 54.4 Å². The van der Waals surface area contributed by atoms with Gasteiger partial charge in [0.1, 0.15) is 11.8 Å². The Hall–Kier alpha value is -3.62. The quantitative estimate of drug-likeness (QED) is 0.0860. The van der Waals surface area contributed by atoms with E-state index in [1.54, 1.807) is 17.5 Å². The molecule has 0 bridgehead atoms. The summed E-state index contributed by atoms with van der Waals surface area (Å²) in [6.45, 7) is 32.3. The van der Waals surface area contributed by atoms with Crippen molar-refractivity contribution < 1.29 is 30.0 Å². The number of thiophene rings is 1. The second-order valence-electron chi connectivity index (χ2n) is 18.6. The predicted molar refractivity (Wildman–Crippen MR) is 241 cm³/mol. The fourth-order valence-corrected chi connectivity index (χ4v) is 9.07. The van der Waals surface area contributed by atoms with E-state index < -0.39 is 0 Å². The summed E-state index contributed by atoms with van der Waals surface area (Å²) in [6, 6.07) is 21.5. The SMILES string of the molecule is CCC(C)(CC)C(=O)/C=C(\O)C(C)(CC)CC.Cc1cc(CC(C)(C)C)cc(C)c1-c1sc2c(-c3[c-]c4ccccc4c(C(C)(C)C)c3)ncc(C#N)c2c1C.[Ir]. The van der Waals surface area contributed by atoms with E-state index in [1.807, 2.05) is 41.5 Å². The number of ketones is 1. The van der Waals surface area contributed by atoms with E-state index in [2.05, 4.69) is 117 Å². The number of carbonyl (C=O) groups is 1. The predicted octanol–water partition coefficient (Wildman–Crippen LogP) is 14.9. The summed E-state index contributed by atoms with van der Waals surface area (Å²) in [6.07, 6.45) is 7.54. The number of nitriles is 1. The number of carbonyl (C=O) groups excluding carboxylic acids is 1. The van der Waals surface area contributed by atoms with Crippen LogP contribution in [-0.2, 0) is 36.7 Å². The molecule has 0 atom stereocenters. The Bertz CT molecular complexity index is 2280. The summed E-state index contributed by atoms with van der Waals surface area (Å²) in [5.74, 6) is 0.286. The third kappa shape index (κ3) is 10.3. The van der Waals surface area contributed by atoms with Crippen LogP contribution in [0.2, 0.25) is 0 Å². The molecule has 5 rings (SSSR count). The van der Waals surface area contributed by atoms with Crippen LogP contribution in [0.1, 0.15) is 142 Å². The third-order valence-electron chi connectivity index (χ3n) is 12.1. The van der Waals surface area contributed by atoms with Gasteiger partial charge in [0, 0.05) is 63.9 Å². The van der Waals surface area contributed by atoms with E-state index in [0.29, 0.717) is 5.56 Å². The normalized spacial score (nSPS) is 12.6. The van der Waals surface area contributed by atoms with Crippen LogP contribution >= 0.6 is 11.3 Å². The van der Waals surface area contributed by atoms with E-state index in [-0.39, 0.29) is 53.3 Å². The maximum atomic E-state index is 12.2. The first kappa shape index (κ1) is 47.8. The van der Waals surface area contributed by atoms with Gasteiger partial charge in [-0.2, -0.15) is 5.26 Å². The Morgan fingerprint density at radius 1 is 0.877 bits per heavy atom. The topological polar surface area (TPSA) is 74.0 Å². The van der Waals surface area contributed by atoms with Crippen LogP contribution in [0.25, 0.3) is 42.6 Å². The number of aliphatic hydroxyl groups excluding tert-OH is 1. The second-order valence-corrected chi connectivity index (χ2v) is 19.6. The van der Waals surface area contributed by atoms with Gasteiger partial charge >= 0.3 is 0 Å². The zero-order chi connectivity index (χ0) is 42.0. The van der Waals surface area contributed by atoms with Gasteiger partial charge in [0.25, 0.3) is 0 Å². The molecule has 1 radical (unpaired) electrons. The number of nitrogens with zero attached hydrogens (tertiary/aromatic N) is 2. The molecule has 6 heteroatoms. The van der Waals surface area contributed by atoms with Gasteiger partial charge < -0.3 is 5.11 Å². The Morgan fingerprint density at radius 3 is 1.95 bits per heavy atom. The first-order valence-electron chi connectivity index (χ1n) is 20.4. The molecule has 0 spiro atoms. The Balaban J connectivity index is 0.000000411. The molecular formula is C51H65IrN2O2S-. The summed E-state index contributed by atoms with van der Waals surface area (Å²) >= 11 is 1.76. The Morgan fingerprint density at radius 2 is 1.44 bits per heavy atom. The Kier molecular flexibility index (Phi) is 15.5. The number of fused-ring (bicyclic) bond motifs is 2. The van der Waals surface area contributed by atoms with Gasteiger partial charge in [-0.3, -0.25) is 9.78 Å². The minimum absolute atomic E-state index is 0. The monoisotopic (exact) mass is 962 g/mol. The number of hydrogen-bond donors (Lipinski definition) is 1. The number of aryl methyl sites for hydroxylation is 3. The average Bonchev–Trinajstić information content (AvgIpc) is 3.48. The van der Waals surface area contributed by atoms with Crippen molar-refractivity contribution in [2.24, 2.45) is 16.2 Å². The molecule has 2 heterocycles. The molecule has 2 aromatic heterocycles. The molecule has 0 fully saturated rings. The largest absolute Gasteiger partial charge is 0.512 e. The van der Waals surface area contributed by atoms with Crippen molar-refractivity contribution in [3.8, 4) is 27.8 Å². The summed E-state index contributed by atoms with van der Waals surface area (Å²) in [7, 11) is 0. The van der Waals surface area contributed by atoms with Gasteiger partial charge in [0.15, 0.2) is 5.78 Å². The van der Waals surface area contributed by atoms with Crippen molar-refractivity contribution >= 4 is 38.0 Å². The van der Waals surface area contributed by atoms with Crippen molar-refractivity contribution in [2.75, 3.05) is 0 Å². The minimum Gasteiger partial charge on any atom is -0.512 e. The number of benzene rings is 3. The van der Waals surface area contributed by atoms with Crippen molar-refractivity contribution in [2.45, 2.75) is 141 Å². The van der Waals surface area contributed by atoms with Crippen LogP contribution in [-0.4, -0.2) is 15.9 Å². The number of hydrogen-bond acceptors (Lipinski definition) is 5. The van der Waals surface area contributed by atoms with E-state index in [9.17, 15) is 15.2 Å². The summed E-state index contributed by atoms with van der Waals surface area (Å²) in [5, 5.41) is 23.5. The fourth-order valence-electron chi connectivity index (χ4n) is 7.56. The molecule has 57 heavy (non-hydrogen) atoms. The van der Waals surface area contributed by atoms with E-state index in [0.717, 1.165) is 64.4 Å². The zero-order valence-electron chi connectivity index (χ0n) is 37.2. The van der Waals surface area contributed by atoms with Crippen LogP contribution in [0.15, 0.2) is 60.5 Å². The standard InChI is InChI=1S/C36H37N2S.C15H28O2.Ir/c1-21-14-24(18-35(4,5)6)15-22(2)30(21)33-23(3)31-27(19-37)20-38-32(34(31)39-33)26-16-25-12-10-11-13-28(25)29(17-26)36(7,8)9;1-7-14(5,8-2)12(16)11-13(17)15(6,9-3)10-4;/h10-15,17,20H,18H2,1-9H3;11,16H,7-10H2,1-6H3;/q-1;;/b;12-11-;. The van der Waals surface area contributed by atoms with Gasteiger partial charge in [-0.1, -0.05) is 124 Å². The molecule has 0 saturated carbocycles. The van der Waals surface area contributed by atoms with Crippen LogP contribution < -0.4 is 0 Å². The van der Waals surface area contributed by atoms with Gasteiger partial charge in [0.05, 0.1) is 5.56 Å². The first-order chi connectivity index (χ1) is 26.1. The number of pyridine rings is 1.